The summed E-state index contributed by atoms with van der Waals surface area (Å²) in [5, 5.41) is 0. The Balaban J connectivity index is 2.30. The van der Waals surface area contributed by atoms with Crippen molar-refractivity contribution in [2.75, 3.05) is 6.54 Å². The average Bonchev–Trinajstić information content (AvgIpc) is 2.29. The third-order valence-corrected chi connectivity index (χ3v) is 3.72. The predicted octanol–water partition coefficient (Wildman–Crippen LogP) is 2.92. The van der Waals surface area contributed by atoms with Crippen LogP contribution in [0, 0.1) is 0 Å². The molecule has 0 N–H and O–H groups in total. The number of carbonyl (C=O) groups excluding carboxylic acids is 1. The number of rotatable bonds is 1. The van der Waals surface area contributed by atoms with Gasteiger partial charge in [0.05, 0.1) is 6.04 Å². The monoisotopic (exact) mass is 282 g/mol. The van der Waals surface area contributed by atoms with Crippen LogP contribution < -0.4 is 0 Å². The molecule has 1 saturated heterocycles. The van der Waals surface area contributed by atoms with Crippen LogP contribution >= 0.6 is 15.9 Å². The van der Waals surface area contributed by atoms with Crippen LogP contribution in [0.2, 0.25) is 0 Å². The molecule has 1 aromatic rings. The number of aromatic nitrogens is 1. The van der Waals surface area contributed by atoms with Crippen molar-refractivity contribution in [3.63, 3.8) is 0 Å². The molecule has 0 saturated carbocycles. The number of halogens is 1. The van der Waals surface area contributed by atoms with Gasteiger partial charge in [-0.15, -0.1) is 0 Å². The van der Waals surface area contributed by atoms with Crippen molar-refractivity contribution in [2.24, 2.45) is 0 Å². The van der Waals surface area contributed by atoms with Gasteiger partial charge in [0.2, 0.25) is 5.91 Å². The number of pyridine rings is 1. The molecule has 0 radical (unpaired) electrons. The Morgan fingerprint density at radius 3 is 3.06 bits per heavy atom. The molecule has 0 aromatic carbocycles. The smallest absolute Gasteiger partial charge is 0.219 e. The molecule has 3 nitrogen and oxygen atoms in total. The van der Waals surface area contributed by atoms with Crippen LogP contribution in [0.1, 0.15) is 37.8 Å². The average molecular weight is 283 g/mol. The molecule has 1 atom stereocenters. The lowest BCUT2D eigenvalue weighted by Crippen LogP contribution is -2.37. The van der Waals surface area contributed by atoms with Gasteiger partial charge in [-0.2, -0.15) is 0 Å². The first-order valence-corrected chi connectivity index (χ1v) is 6.37. The fourth-order valence-electron chi connectivity index (χ4n) is 2.28. The Morgan fingerprint density at radius 2 is 2.38 bits per heavy atom. The fraction of sp³-hybridized carbons (Fsp3) is 0.500. The molecule has 2 heterocycles. The molecular formula is C12H15BrN2O. The van der Waals surface area contributed by atoms with Crippen molar-refractivity contribution >= 4 is 21.8 Å². The summed E-state index contributed by atoms with van der Waals surface area (Å²) in [7, 11) is 0. The lowest BCUT2D eigenvalue weighted by Gasteiger charge is -2.35. The predicted molar refractivity (Wildman–Crippen MR) is 65.9 cm³/mol. The van der Waals surface area contributed by atoms with E-state index in [1.54, 1.807) is 13.1 Å². The molecule has 4 heteroatoms. The molecule has 1 aliphatic rings. The van der Waals surface area contributed by atoms with Crippen molar-refractivity contribution in [1.29, 1.82) is 0 Å². The van der Waals surface area contributed by atoms with E-state index in [0.29, 0.717) is 0 Å². The standard InChI is InChI=1S/C12H15BrN2O/c1-9(16)15-8-3-2-6-11(15)10-5-4-7-14-12(10)13/h4-5,7,11H,2-3,6,8H2,1H3/t11-/m1/s1. The number of hydrogen-bond acceptors (Lipinski definition) is 2. The highest BCUT2D eigenvalue weighted by Crippen LogP contribution is 2.33. The lowest BCUT2D eigenvalue weighted by molar-refractivity contribution is -0.132. The van der Waals surface area contributed by atoms with Crippen LogP contribution in [0.5, 0.6) is 0 Å². The van der Waals surface area contributed by atoms with Crippen LogP contribution in [0.3, 0.4) is 0 Å². The van der Waals surface area contributed by atoms with Gasteiger partial charge in [0.1, 0.15) is 4.60 Å². The summed E-state index contributed by atoms with van der Waals surface area (Å²) in [6.45, 7) is 2.50. The molecule has 1 fully saturated rings. The van der Waals surface area contributed by atoms with Gasteiger partial charge in [-0.25, -0.2) is 4.98 Å². The van der Waals surface area contributed by atoms with Crippen LogP contribution in [0.4, 0.5) is 0 Å². The molecule has 0 aliphatic carbocycles. The Bertz CT molecular complexity index is 394. The molecule has 16 heavy (non-hydrogen) atoms. The van der Waals surface area contributed by atoms with Crippen molar-refractivity contribution in [3.05, 3.63) is 28.5 Å². The number of piperidine rings is 1. The minimum atomic E-state index is 0.153. The zero-order valence-electron chi connectivity index (χ0n) is 9.32. The molecule has 0 bridgehead atoms. The van der Waals surface area contributed by atoms with Crippen molar-refractivity contribution in [3.8, 4) is 0 Å². The third-order valence-electron chi connectivity index (χ3n) is 3.05. The Labute approximate surface area is 104 Å². The van der Waals surface area contributed by atoms with Crippen LogP contribution in [-0.2, 0) is 4.79 Å². The minimum absolute atomic E-state index is 0.153. The van der Waals surface area contributed by atoms with Gasteiger partial charge < -0.3 is 4.90 Å². The van der Waals surface area contributed by atoms with E-state index in [9.17, 15) is 4.79 Å². The van der Waals surface area contributed by atoms with E-state index in [0.717, 1.165) is 29.6 Å². The second kappa shape index (κ2) is 4.95. The molecule has 0 spiro atoms. The lowest BCUT2D eigenvalue weighted by atomic mass is 9.96. The van der Waals surface area contributed by atoms with Gasteiger partial charge in [0, 0.05) is 25.2 Å². The first-order valence-electron chi connectivity index (χ1n) is 5.58. The van der Waals surface area contributed by atoms with Gasteiger partial charge in [-0.05, 0) is 41.3 Å². The van der Waals surface area contributed by atoms with E-state index >= 15 is 0 Å². The minimum Gasteiger partial charge on any atom is -0.336 e. The molecule has 1 aromatic heterocycles. The molecule has 1 aliphatic heterocycles. The summed E-state index contributed by atoms with van der Waals surface area (Å²) in [6, 6.07) is 4.16. The van der Waals surface area contributed by atoms with E-state index in [2.05, 4.69) is 20.9 Å². The SMILES string of the molecule is CC(=O)N1CCCC[C@@H]1c1cccnc1Br. The Hall–Kier alpha value is -0.900. The van der Waals surface area contributed by atoms with Gasteiger partial charge in [0.15, 0.2) is 0 Å². The normalized spacial score (nSPS) is 20.9. The first kappa shape index (κ1) is 11.6. The largest absolute Gasteiger partial charge is 0.336 e. The van der Waals surface area contributed by atoms with E-state index in [4.69, 9.17) is 0 Å². The van der Waals surface area contributed by atoms with E-state index in [-0.39, 0.29) is 11.9 Å². The summed E-state index contributed by atoms with van der Waals surface area (Å²) in [4.78, 5) is 17.8. The van der Waals surface area contributed by atoms with E-state index in [1.165, 1.54) is 6.42 Å². The van der Waals surface area contributed by atoms with Gasteiger partial charge >= 0.3 is 0 Å². The zero-order chi connectivity index (χ0) is 11.5. The number of amides is 1. The molecule has 86 valence electrons. The van der Waals surface area contributed by atoms with Crippen molar-refractivity contribution < 1.29 is 4.79 Å². The number of nitrogens with zero attached hydrogens (tertiary/aromatic N) is 2. The van der Waals surface area contributed by atoms with Crippen LogP contribution in [-0.4, -0.2) is 22.3 Å². The zero-order valence-corrected chi connectivity index (χ0v) is 10.9. The summed E-state index contributed by atoms with van der Waals surface area (Å²) < 4.78 is 0.855. The topological polar surface area (TPSA) is 33.2 Å². The first-order chi connectivity index (χ1) is 7.70. The van der Waals surface area contributed by atoms with Crippen molar-refractivity contribution in [2.45, 2.75) is 32.2 Å². The summed E-state index contributed by atoms with van der Waals surface area (Å²) in [5.74, 6) is 0.153. The Kier molecular flexibility index (Phi) is 3.59. The number of likely N-dealkylation sites (tertiary alicyclic amines) is 1. The van der Waals surface area contributed by atoms with E-state index in [1.807, 2.05) is 17.0 Å². The van der Waals surface area contributed by atoms with Crippen molar-refractivity contribution in [1.82, 2.24) is 9.88 Å². The highest BCUT2D eigenvalue weighted by Gasteiger charge is 2.27. The number of hydrogen-bond donors (Lipinski definition) is 0. The van der Waals surface area contributed by atoms with Crippen LogP contribution in [0.15, 0.2) is 22.9 Å². The molecule has 2 rings (SSSR count). The highest BCUT2D eigenvalue weighted by molar-refractivity contribution is 9.10. The molecular weight excluding hydrogens is 268 g/mol. The maximum absolute atomic E-state index is 11.6. The summed E-state index contributed by atoms with van der Waals surface area (Å²) in [6.07, 6.45) is 5.07. The molecule has 1 amide bonds. The van der Waals surface area contributed by atoms with Gasteiger partial charge in [0.25, 0.3) is 0 Å². The summed E-state index contributed by atoms with van der Waals surface area (Å²) >= 11 is 3.46. The highest BCUT2D eigenvalue weighted by atomic mass is 79.9. The maximum atomic E-state index is 11.6. The maximum Gasteiger partial charge on any atom is 0.219 e. The summed E-state index contributed by atoms with van der Waals surface area (Å²) in [5.41, 5.74) is 1.12. The van der Waals surface area contributed by atoms with Gasteiger partial charge in [-0.1, -0.05) is 6.07 Å². The number of carbonyl (C=O) groups is 1. The second-order valence-electron chi connectivity index (χ2n) is 4.11. The second-order valence-corrected chi connectivity index (χ2v) is 4.86. The Morgan fingerprint density at radius 1 is 1.56 bits per heavy atom. The van der Waals surface area contributed by atoms with Gasteiger partial charge in [-0.3, -0.25) is 4.79 Å². The quantitative estimate of drug-likeness (QED) is 0.742. The molecule has 0 unspecified atom stereocenters. The van der Waals surface area contributed by atoms with E-state index < -0.39 is 0 Å². The van der Waals surface area contributed by atoms with Crippen LogP contribution in [0.25, 0.3) is 0 Å². The third kappa shape index (κ3) is 2.26. The fourth-order valence-corrected chi connectivity index (χ4v) is 2.79.